The van der Waals surface area contributed by atoms with Crippen molar-refractivity contribution in [1.82, 2.24) is 0 Å². The number of hydrogen-bond donors (Lipinski definition) is 1. The van der Waals surface area contributed by atoms with Gasteiger partial charge in [0.05, 0.1) is 12.7 Å². The Hall–Kier alpha value is -0.480. The van der Waals surface area contributed by atoms with Gasteiger partial charge in [0.2, 0.25) is 5.90 Å². The van der Waals surface area contributed by atoms with Gasteiger partial charge in [0.15, 0.2) is 0 Å². The van der Waals surface area contributed by atoms with Crippen molar-refractivity contribution in [2.45, 2.75) is 42.4 Å². The lowest BCUT2D eigenvalue weighted by Crippen LogP contribution is -2.28. The smallest absolute Gasteiger partial charge is 0.265 e. The van der Waals surface area contributed by atoms with E-state index in [0.717, 1.165) is 12.0 Å². The third-order valence-electron chi connectivity index (χ3n) is 3.62. The fraction of sp³-hybridized carbons (Fsp3) is 0.533. The average Bonchev–Trinajstić information content (AvgIpc) is 2.77. The van der Waals surface area contributed by atoms with Gasteiger partial charge in [-0.3, -0.25) is 5.41 Å². The monoisotopic (exact) mass is 349 g/mol. The van der Waals surface area contributed by atoms with Crippen LogP contribution in [0.3, 0.4) is 0 Å². The standard InChI is InChI=1S/C15H18Cl3NO2/c1-10-7-12(20-9-11-5-3-2-4-6-11)8-13(10)21-14(19)15(16,17)18/h2-6,10,12-13,19H,7-9H2,1H3/t10-,12-,13-/m1/s1. The molecule has 2 rings (SSSR count). The van der Waals surface area contributed by atoms with Crippen LogP contribution in [-0.4, -0.2) is 21.9 Å². The van der Waals surface area contributed by atoms with Crippen LogP contribution in [0.1, 0.15) is 25.3 Å². The number of nitrogens with one attached hydrogen (secondary N) is 1. The zero-order chi connectivity index (χ0) is 15.5. The number of halogens is 3. The summed E-state index contributed by atoms with van der Waals surface area (Å²) in [5.74, 6) is -0.0634. The molecular formula is C15H18Cl3NO2. The molecule has 3 nitrogen and oxygen atoms in total. The highest BCUT2D eigenvalue weighted by atomic mass is 35.6. The lowest BCUT2D eigenvalue weighted by atomic mass is 10.1. The van der Waals surface area contributed by atoms with Gasteiger partial charge in [-0.05, 0) is 17.9 Å². The summed E-state index contributed by atoms with van der Waals surface area (Å²) in [5, 5.41) is 7.64. The minimum absolute atomic E-state index is 0.105. The Labute approximate surface area is 140 Å². The van der Waals surface area contributed by atoms with Crippen LogP contribution in [0.5, 0.6) is 0 Å². The van der Waals surface area contributed by atoms with Crippen molar-refractivity contribution >= 4 is 40.7 Å². The number of hydrogen-bond acceptors (Lipinski definition) is 3. The Morgan fingerprint density at radius 3 is 2.52 bits per heavy atom. The Balaban J connectivity index is 1.82. The van der Waals surface area contributed by atoms with Crippen molar-refractivity contribution in [3.8, 4) is 0 Å². The van der Waals surface area contributed by atoms with Crippen LogP contribution < -0.4 is 0 Å². The van der Waals surface area contributed by atoms with E-state index < -0.39 is 3.79 Å². The van der Waals surface area contributed by atoms with Crippen LogP contribution >= 0.6 is 34.8 Å². The lowest BCUT2D eigenvalue weighted by molar-refractivity contribution is 0.0366. The first-order valence-corrected chi connectivity index (χ1v) is 7.97. The van der Waals surface area contributed by atoms with Crippen LogP contribution in [0.2, 0.25) is 0 Å². The summed E-state index contributed by atoms with van der Waals surface area (Å²) in [6, 6.07) is 10.0. The van der Waals surface area contributed by atoms with E-state index in [1.165, 1.54) is 0 Å². The van der Waals surface area contributed by atoms with E-state index in [2.05, 4.69) is 6.92 Å². The molecule has 0 amide bonds. The molecule has 0 radical (unpaired) electrons. The first-order valence-electron chi connectivity index (χ1n) is 6.84. The van der Waals surface area contributed by atoms with Crippen molar-refractivity contribution in [2.75, 3.05) is 0 Å². The molecule has 0 aliphatic heterocycles. The van der Waals surface area contributed by atoms with E-state index in [0.29, 0.717) is 13.0 Å². The summed E-state index contributed by atoms with van der Waals surface area (Å²) >= 11 is 16.9. The molecule has 1 aromatic carbocycles. The average molecular weight is 351 g/mol. The molecule has 0 spiro atoms. The van der Waals surface area contributed by atoms with Crippen LogP contribution in [0.4, 0.5) is 0 Å². The second-order valence-corrected chi connectivity index (χ2v) is 7.63. The fourth-order valence-corrected chi connectivity index (χ4v) is 2.59. The van der Waals surface area contributed by atoms with Gasteiger partial charge in [-0.15, -0.1) is 0 Å². The fourth-order valence-electron chi connectivity index (χ4n) is 2.46. The molecule has 21 heavy (non-hydrogen) atoms. The van der Waals surface area contributed by atoms with Gasteiger partial charge in [0.25, 0.3) is 3.79 Å². The zero-order valence-electron chi connectivity index (χ0n) is 11.7. The predicted molar refractivity (Wildman–Crippen MR) is 86.3 cm³/mol. The van der Waals surface area contributed by atoms with E-state index >= 15 is 0 Å². The van der Waals surface area contributed by atoms with Gasteiger partial charge in [-0.1, -0.05) is 72.1 Å². The summed E-state index contributed by atoms with van der Waals surface area (Å²) in [6.45, 7) is 2.63. The number of rotatable bonds is 4. The largest absolute Gasteiger partial charge is 0.474 e. The molecule has 0 unspecified atom stereocenters. The maximum absolute atomic E-state index is 7.64. The molecule has 1 aliphatic carbocycles. The Morgan fingerprint density at radius 2 is 1.90 bits per heavy atom. The van der Waals surface area contributed by atoms with Crippen LogP contribution in [-0.2, 0) is 16.1 Å². The molecule has 0 saturated heterocycles. The predicted octanol–water partition coefficient (Wildman–Crippen LogP) is 4.73. The first-order chi connectivity index (χ1) is 9.86. The van der Waals surface area contributed by atoms with Gasteiger partial charge in [-0.2, -0.15) is 0 Å². The molecular weight excluding hydrogens is 333 g/mol. The molecule has 116 valence electrons. The molecule has 0 heterocycles. The van der Waals surface area contributed by atoms with Gasteiger partial charge in [0, 0.05) is 6.42 Å². The minimum Gasteiger partial charge on any atom is -0.474 e. The van der Waals surface area contributed by atoms with Gasteiger partial charge in [0.1, 0.15) is 6.10 Å². The highest BCUT2D eigenvalue weighted by molar-refractivity contribution is 6.76. The maximum Gasteiger partial charge on any atom is 0.265 e. The molecule has 1 saturated carbocycles. The molecule has 1 aromatic rings. The molecule has 6 heteroatoms. The second-order valence-electron chi connectivity index (χ2n) is 5.35. The normalized spacial score (nSPS) is 25.8. The highest BCUT2D eigenvalue weighted by Gasteiger charge is 2.38. The summed E-state index contributed by atoms with van der Waals surface area (Å²) in [7, 11) is 0. The Bertz CT molecular complexity index is 476. The van der Waals surface area contributed by atoms with Gasteiger partial charge < -0.3 is 9.47 Å². The molecule has 1 fully saturated rings. The quantitative estimate of drug-likeness (QED) is 0.484. The Morgan fingerprint density at radius 1 is 1.24 bits per heavy atom. The topological polar surface area (TPSA) is 42.3 Å². The summed E-state index contributed by atoms with van der Waals surface area (Å²) in [5.41, 5.74) is 1.14. The zero-order valence-corrected chi connectivity index (χ0v) is 14.0. The summed E-state index contributed by atoms with van der Waals surface area (Å²) in [6.07, 6.45) is 1.55. The highest BCUT2D eigenvalue weighted by Crippen LogP contribution is 2.34. The third-order valence-corrected chi connectivity index (χ3v) is 4.13. The lowest BCUT2D eigenvalue weighted by Gasteiger charge is -2.21. The van der Waals surface area contributed by atoms with Crippen molar-refractivity contribution in [2.24, 2.45) is 5.92 Å². The summed E-state index contributed by atoms with van der Waals surface area (Å²) in [4.78, 5) is 0. The number of benzene rings is 1. The molecule has 1 N–H and O–H groups in total. The van der Waals surface area contributed by atoms with E-state index in [1.807, 2.05) is 30.3 Å². The molecule has 0 bridgehead atoms. The second kappa shape index (κ2) is 7.19. The van der Waals surface area contributed by atoms with Crippen molar-refractivity contribution in [3.63, 3.8) is 0 Å². The summed E-state index contributed by atoms with van der Waals surface area (Å²) < 4.78 is 9.58. The first kappa shape index (κ1) is 16.9. The SMILES string of the molecule is C[C@@H]1C[C@@H](OCc2ccccc2)C[C@H]1OC(=N)C(Cl)(Cl)Cl. The number of ether oxygens (including phenoxy) is 2. The molecule has 3 atom stereocenters. The van der Waals surface area contributed by atoms with E-state index in [-0.39, 0.29) is 24.0 Å². The van der Waals surface area contributed by atoms with Crippen LogP contribution in [0, 0.1) is 11.3 Å². The number of alkyl halides is 3. The molecule has 0 aromatic heterocycles. The van der Waals surface area contributed by atoms with Crippen molar-refractivity contribution in [3.05, 3.63) is 35.9 Å². The van der Waals surface area contributed by atoms with Crippen molar-refractivity contribution in [1.29, 1.82) is 5.41 Å². The van der Waals surface area contributed by atoms with Crippen LogP contribution in [0.25, 0.3) is 0 Å². The van der Waals surface area contributed by atoms with E-state index in [4.69, 9.17) is 49.7 Å². The molecule has 1 aliphatic rings. The van der Waals surface area contributed by atoms with Gasteiger partial charge >= 0.3 is 0 Å². The van der Waals surface area contributed by atoms with E-state index in [9.17, 15) is 0 Å². The van der Waals surface area contributed by atoms with Gasteiger partial charge in [-0.25, -0.2) is 0 Å². The minimum atomic E-state index is -1.80. The van der Waals surface area contributed by atoms with E-state index in [1.54, 1.807) is 0 Å². The van der Waals surface area contributed by atoms with Crippen LogP contribution in [0.15, 0.2) is 30.3 Å². The van der Waals surface area contributed by atoms with Crippen molar-refractivity contribution < 1.29 is 9.47 Å². The maximum atomic E-state index is 7.64. The Kier molecular flexibility index (Phi) is 5.78. The third kappa shape index (κ3) is 5.03.